The van der Waals surface area contributed by atoms with Gasteiger partial charge in [0.25, 0.3) is 0 Å². The number of nitrogens with zero attached hydrogens (tertiary/aromatic N) is 1. The van der Waals surface area contributed by atoms with Gasteiger partial charge in [-0.1, -0.05) is 16.8 Å². The minimum absolute atomic E-state index is 0.00244. The minimum atomic E-state index is -1.19. The van der Waals surface area contributed by atoms with Crippen molar-refractivity contribution in [1.82, 2.24) is 5.16 Å². The van der Waals surface area contributed by atoms with Crippen LogP contribution in [0.2, 0.25) is 5.02 Å². The van der Waals surface area contributed by atoms with E-state index in [1.54, 1.807) is 13.0 Å². The number of aromatic carboxylic acids is 1. The van der Waals surface area contributed by atoms with Crippen molar-refractivity contribution in [2.45, 2.75) is 6.92 Å². The van der Waals surface area contributed by atoms with E-state index in [0.29, 0.717) is 16.8 Å². The van der Waals surface area contributed by atoms with E-state index in [1.165, 1.54) is 12.1 Å². The van der Waals surface area contributed by atoms with Crippen molar-refractivity contribution >= 4 is 17.6 Å². The summed E-state index contributed by atoms with van der Waals surface area (Å²) in [5, 5.41) is 22.0. The smallest absolute Gasteiger partial charge is 0.374 e. The molecule has 2 rings (SSSR count). The lowest BCUT2D eigenvalue weighted by Gasteiger charge is -2.03. The maximum Gasteiger partial charge on any atom is 0.374 e. The minimum Gasteiger partial charge on any atom is -0.506 e. The Kier molecular flexibility index (Phi) is 2.77. The van der Waals surface area contributed by atoms with Gasteiger partial charge in [-0.25, -0.2) is 4.79 Å². The highest BCUT2D eigenvalue weighted by molar-refractivity contribution is 6.32. The van der Waals surface area contributed by atoms with Gasteiger partial charge in [0, 0.05) is 11.6 Å². The number of carboxylic acids is 1. The highest BCUT2D eigenvalue weighted by Crippen LogP contribution is 2.32. The van der Waals surface area contributed by atoms with Crippen LogP contribution in [0.15, 0.2) is 22.7 Å². The van der Waals surface area contributed by atoms with Crippen LogP contribution in [0.5, 0.6) is 5.75 Å². The Bertz CT molecular complexity index is 568. The number of aromatic hydroxyl groups is 1. The van der Waals surface area contributed by atoms with E-state index in [2.05, 4.69) is 9.68 Å². The van der Waals surface area contributed by atoms with Crippen LogP contribution in [-0.4, -0.2) is 21.3 Å². The SMILES string of the molecule is Cc1cc(-c2cc(C(=O)O)on2)cc(Cl)c1O. The first-order chi connectivity index (χ1) is 7.99. The number of aromatic nitrogens is 1. The Morgan fingerprint density at radius 3 is 2.65 bits per heavy atom. The summed E-state index contributed by atoms with van der Waals surface area (Å²) in [5.74, 6) is -1.44. The van der Waals surface area contributed by atoms with E-state index < -0.39 is 5.97 Å². The Labute approximate surface area is 101 Å². The van der Waals surface area contributed by atoms with Crippen LogP contribution in [0.1, 0.15) is 16.1 Å². The highest BCUT2D eigenvalue weighted by Gasteiger charge is 2.14. The zero-order chi connectivity index (χ0) is 12.6. The molecule has 0 saturated heterocycles. The fourth-order valence-corrected chi connectivity index (χ4v) is 1.66. The Morgan fingerprint density at radius 1 is 1.41 bits per heavy atom. The van der Waals surface area contributed by atoms with Crippen molar-refractivity contribution in [3.63, 3.8) is 0 Å². The number of carboxylic acid groups (broad SMARTS) is 1. The zero-order valence-corrected chi connectivity index (χ0v) is 9.52. The molecule has 0 unspecified atom stereocenters. The van der Waals surface area contributed by atoms with Crippen LogP contribution >= 0.6 is 11.6 Å². The van der Waals surface area contributed by atoms with Gasteiger partial charge in [0.2, 0.25) is 5.76 Å². The molecule has 0 saturated carbocycles. The van der Waals surface area contributed by atoms with E-state index in [4.69, 9.17) is 16.7 Å². The van der Waals surface area contributed by atoms with E-state index in [1.807, 2.05) is 0 Å². The summed E-state index contributed by atoms with van der Waals surface area (Å²) in [4.78, 5) is 10.6. The van der Waals surface area contributed by atoms with Crippen molar-refractivity contribution < 1.29 is 19.5 Å². The summed E-state index contributed by atoms with van der Waals surface area (Å²) >= 11 is 5.81. The molecule has 0 aliphatic carbocycles. The van der Waals surface area contributed by atoms with Crippen molar-refractivity contribution in [2.75, 3.05) is 0 Å². The third-order valence-electron chi connectivity index (χ3n) is 2.27. The van der Waals surface area contributed by atoms with Crippen LogP contribution in [0.4, 0.5) is 0 Å². The number of aryl methyl sites for hydroxylation is 1. The zero-order valence-electron chi connectivity index (χ0n) is 8.77. The first-order valence-electron chi connectivity index (χ1n) is 4.68. The molecule has 0 fully saturated rings. The Balaban J connectivity index is 2.49. The summed E-state index contributed by atoms with van der Waals surface area (Å²) in [5.41, 5.74) is 1.52. The second-order valence-electron chi connectivity index (χ2n) is 3.51. The van der Waals surface area contributed by atoms with E-state index >= 15 is 0 Å². The van der Waals surface area contributed by atoms with Crippen LogP contribution < -0.4 is 0 Å². The molecular weight excluding hydrogens is 246 g/mol. The lowest BCUT2D eigenvalue weighted by atomic mass is 10.1. The molecular formula is C11H8ClNO4. The maximum absolute atomic E-state index is 10.6. The molecule has 0 aliphatic heterocycles. The summed E-state index contributed by atoms with van der Waals surface area (Å²) in [6, 6.07) is 4.43. The molecule has 1 aromatic carbocycles. The quantitative estimate of drug-likeness (QED) is 0.860. The topological polar surface area (TPSA) is 83.6 Å². The van der Waals surface area contributed by atoms with Crippen LogP contribution in [0.25, 0.3) is 11.3 Å². The fraction of sp³-hybridized carbons (Fsp3) is 0.0909. The predicted octanol–water partition coefficient (Wildman–Crippen LogP) is 2.71. The molecule has 88 valence electrons. The van der Waals surface area contributed by atoms with E-state index in [-0.39, 0.29) is 16.5 Å². The van der Waals surface area contributed by atoms with Gasteiger partial charge in [-0.05, 0) is 24.6 Å². The van der Waals surface area contributed by atoms with Gasteiger partial charge in [-0.15, -0.1) is 0 Å². The molecule has 6 heteroatoms. The number of rotatable bonds is 2. The van der Waals surface area contributed by atoms with Crippen molar-refractivity contribution in [3.05, 3.63) is 34.5 Å². The molecule has 0 bridgehead atoms. The second kappa shape index (κ2) is 4.10. The molecule has 5 nitrogen and oxygen atoms in total. The van der Waals surface area contributed by atoms with Gasteiger partial charge < -0.3 is 14.7 Å². The number of halogens is 1. The lowest BCUT2D eigenvalue weighted by Crippen LogP contribution is -1.91. The monoisotopic (exact) mass is 253 g/mol. The molecule has 0 atom stereocenters. The van der Waals surface area contributed by atoms with Gasteiger partial charge in [0.15, 0.2) is 0 Å². The number of hydrogen-bond acceptors (Lipinski definition) is 4. The molecule has 2 N–H and O–H groups in total. The summed E-state index contributed by atoms with van der Waals surface area (Å²) in [6.07, 6.45) is 0. The second-order valence-corrected chi connectivity index (χ2v) is 3.91. The molecule has 17 heavy (non-hydrogen) atoms. The molecule has 0 spiro atoms. The van der Waals surface area contributed by atoms with E-state index in [9.17, 15) is 9.90 Å². The first kappa shape index (κ1) is 11.5. The number of phenolic OH excluding ortho intramolecular Hbond substituents is 1. The van der Waals surface area contributed by atoms with Crippen molar-refractivity contribution in [3.8, 4) is 17.0 Å². The summed E-state index contributed by atoms with van der Waals surface area (Å²) in [6.45, 7) is 1.68. The standard InChI is InChI=1S/C11H8ClNO4/c1-5-2-6(3-7(12)10(5)14)8-4-9(11(15)16)17-13-8/h2-4,14H,1H3,(H,15,16). The van der Waals surface area contributed by atoms with Crippen molar-refractivity contribution in [1.29, 1.82) is 0 Å². The lowest BCUT2D eigenvalue weighted by molar-refractivity contribution is 0.0652. The van der Waals surface area contributed by atoms with Crippen molar-refractivity contribution in [2.24, 2.45) is 0 Å². The molecule has 0 amide bonds. The number of hydrogen-bond donors (Lipinski definition) is 2. The average molecular weight is 254 g/mol. The third-order valence-corrected chi connectivity index (χ3v) is 2.56. The predicted molar refractivity (Wildman–Crippen MR) is 60.3 cm³/mol. The highest BCUT2D eigenvalue weighted by atomic mass is 35.5. The summed E-state index contributed by atoms with van der Waals surface area (Å²) in [7, 11) is 0. The third kappa shape index (κ3) is 2.09. The Morgan fingerprint density at radius 2 is 2.12 bits per heavy atom. The van der Waals surface area contributed by atoms with Crippen LogP contribution in [0, 0.1) is 6.92 Å². The number of phenols is 1. The number of carbonyl (C=O) groups is 1. The van der Waals surface area contributed by atoms with Gasteiger partial charge in [-0.3, -0.25) is 0 Å². The van der Waals surface area contributed by atoms with Crippen LogP contribution in [0.3, 0.4) is 0 Å². The largest absolute Gasteiger partial charge is 0.506 e. The summed E-state index contributed by atoms with van der Waals surface area (Å²) < 4.78 is 4.64. The van der Waals surface area contributed by atoms with E-state index in [0.717, 1.165) is 0 Å². The molecule has 2 aromatic rings. The maximum atomic E-state index is 10.6. The van der Waals surface area contributed by atoms with Gasteiger partial charge in [0.1, 0.15) is 11.4 Å². The van der Waals surface area contributed by atoms with Gasteiger partial charge in [0.05, 0.1) is 5.02 Å². The normalized spacial score (nSPS) is 10.5. The fourth-order valence-electron chi connectivity index (χ4n) is 1.40. The number of benzene rings is 1. The molecule has 1 aromatic heterocycles. The Hall–Kier alpha value is -2.01. The molecule has 1 heterocycles. The first-order valence-corrected chi connectivity index (χ1v) is 5.06. The molecule has 0 aliphatic rings. The average Bonchev–Trinajstić information content (AvgIpc) is 2.74. The van der Waals surface area contributed by atoms with Gasteiger partial charge in [-0.2, -0.15) is 0 Å². The van der Waals surface area contributed by atoms with Crippen LogP contribution in [-0.2, 0) is 0 Å². The van der Waals surface area contributed by atoms with Gasteiger partial charge >= 0.3 is 5.97 Å². The molecule has 0 radical (unpaired) electrons.